The zero-order valence-electron chi connectivity index (χ0n) is 3.89. The van der Waals surface area contributed by atoms with Gasteiger partial charge in [0, 0.05) is 0 Å². The third-order valence-corrected chi connectivity index (χ3v) is 0.284. The van der Waals surface area contributed by atoms with Gasteiger partial charge in [0.05, 0.1) is 4.79 Å². The summed E-state index contributed by atoms with van der Waals surface area (Å²) in [6.07, 6.45) is 0. The van der Waals surface area contributed by atoms with E-state index >= 15 is 0 Å². The standard InChI is InChI=1S/C3H7NO2/c1-3(5)6-4-2/h4H,1-2H3/q+1/p+1. The lowest BCUT2D eigenvalue weighted by Crippen LogP contribution is -2.79. The molecule has 0 aromatic carbocycles. The van der Waals surface area contributed by atoms with Gasteiger partial charge in [-0.1, -0.05) is 10.3 Å². The fraction of sp³-hybridized carbons (Fsp3) is 0.667. The smallest absolute Gasteiger partial charge is 0.0905 e. The van der Waals surface area contributed by atoms with Gasteiger partial charge in [-0.2, -0.15) is 0 Å². The molecule has 0 spiro atoms. The van der Waals surface area contributed by atoms with Crippen molar-refractivity contribution in [2.24, 2.45) is 0 Å². The first-order valence-corrected chi connectivity index (χ1v) is 1.72. The Morgan fingerprint density at radius 2 is 2.33 bits per heavy atom. The lowest BCUT2D eigenvalue weighted by atomic mass is 10.8. The van der Waals surface area contributed by atoms with Gasteiger partial charge in [0.2, 0.25) is 0 Å². The number of carbonyl (C=O) groups is 1. The van der Waals surface area contributed by atoms with Crippen LogP contribution in [0.25, 0.3) is 0 Å². The van der Waals surface area contributed by atoms with Crippen LogP contribution < -0.4 is 5.48 Å². The second kappa shape index (κ2) is 2.66. The van der Waals surface area contributed by atoms with Crippen LogP contribution in [0, 0.1) is 0 Å². The Morgan fingerprint density at radius 1 is 1.83 bits per heavy atom. The fourth-order valence-corrected chi connectivity index (χ4v) is 0.166. The van der Waals surface area contributed by atoms with E-state index in [2.05, 4.69) is 4.84 Å². The van der Waals surface area contributed by atoms with Crippen LogP contribution in [0.15, 0.2) is 0 Å². The molecule has 0 aliphatic rings. The zero-order chi connectivity index (χ0) is 4.99. The summed E-state index contributed by atoms with van der Waals surface area (Å²) in [5, 5.41) is 0. The summed E-state index contributed by atoms with van der Waals surface area (Å²) in [5.74, 6) is -0.266. The van der Waals surface area contributed by atoms with E-state index in [0.29, 0.717) is 0 Å². The van der Waals surface area contributed by atoms with Crippen LogP contribution in [-0.2, 0) is 9.63 Å². The largest absolute Gasteiger partial charge is 0.635 e. The lowest BCUT2D eigenvalue weighted by molar-refractivity contribution is -0.853. The van der Waals surface area contributed by atoms with Gasteiger partial charge in [0.15, 0.2) is 0 Å². The van der Waals surface area contributed by atoms with E-state index in [1.165, 1.54) is 12.4 Å². The van der Waals surface area contributed by atoms with E-state index in [0.717, 1.165) is 0 Å². The van der Waals surface area contributed by atoms with E-state index in [1.54, 1.807) is 7.05 Å². The second-order valence-electron chi connectivity index (χ2n) is 0.845. The fourth-order valence-electron chi connectivity index (χ4n) is 0.166. The monoisotopic (exact) mass is 90.1 g/mol. The molecule has 3 heteroatoms. The molecule has 0 aromatic rings. The van der Waals surface area contributed by atoms with Crippen LogP contribution in [0.3, 0.4) is 0 Å². The highest BCUT2D eigenvalue weighted by molar-refractivity contribution is 5.64. The molecule has 0 rings (SSSR count). The molecule has 0 aromatic heterocycles. The molecule has 0 unspecified atom stereocenters. The van der Waals surface area contributed by atoms with Gasteiger partial charge < -0.3 is 0 Å². The van der Waals surface area contributed by atoms with Crippen molar-refractivity contribution in [2.75, 3.05) is 7.05 Å². The molecule has 35 valence electrons. The molecule has 1 radical (unpaired) electrons. The maximum absolute atomic E-state index is 9.79. The third kappa shape index (κ3) is 3.43. The Morgan fingerprint density at radius 3 is 2.33 bits per heavy atom. The summed E-state index contributed by atoms with van der Waals surface area (Å²) in [6.45, 7) is 1.36. The van der Waals surface area contributed by atoms with Gasteiger partial charge in [-0.25, -0.2) is 0 Å². The van der Waals surface area contributed by atoms with Gasteiger partial charge in [0.25, 0.3) is 0 Å². The van der Waals surface area contributed by atoms with E-state index in [4.69, 9.17) is 0 Å². The van der Waals surface area contributed by atoms with E-state index in [1.807, 2.05) is 0 Å². The van der Waals surface area contributed by atoms with Crippen molar-refractivity contribution < 1.29 is 15.1 Å². The van der Waals surface area contributed by atoms with Crippen molar-refractivity contribution >= 4 is 5.97 Å². The molecule has 2 N–H and O–H groups in total. The van der Waals surface area contributed by atoms with Crippen LogP contribution in [-0.4, -0.2) is 13.0 Å². The number of nitrogens with two attached hydrogens (primary N) is 1. The van der Waals surface area contributed by atoms with Gasteiger partial charge in [0.1, 0.15) is 14.0 Å². The van der Waals surface area contributed by atoms with Crippen molar-refractivity contribution in [3.8, 4) is 0 Å². The van der Waals surface area contributed by atoms with Crippen molar-refractivity contribution in [2.45, 2.75) is 6.92 Å². The minimum atomic E-state index is -0.266. The summed E-state index contributed by atoms with van der Waals surface area (Å²) in [7, 11) is 1.65. The number of hydroxylamine groups is 1. The number of carbonyl (C=O) groups excluding carboxylic acids is 1. The predicted molar refractivity (Wildman–Crippen MR) is 19.6 cm³/mol. The Kier molecular flexibility index (Phi) is 2.40. The molecule has 6 heavy (non-hydrogen) atoms. The van der Waals surface area contributed by atoms with Gasteiger partial charge >= 0.3 is 5.97 Å². The first-order chi connectivity index (χ1) is 2.77. The zero-order valence-corrected chi connectivity index (χ0v) is 3.89. The average Bonchev–Trinajstić information content (AvgIpc) is 1.35. The third-order valence-electron chi connectivity index (χ3n) is 0.284. The van der Waals surface area contributed by atoms with Crippen LogP contribution in [0.2, 0.25) is 0 Å². The van der Waals surface area contributed by atoms with Gasteiger partial charge in [-0.05, 0) is 0 Å². The summed E-state index contributed by atoms with van der Waals surface area (Å²) >= 11 is 0. The summed E-state index contributed by atoms with van der Waals surface area (Å²) < 4.78 is 0. The van der Waals surface area contributed by atoms with Crippen molar-refractivity contribution in [1.29, 1.82) is 0 Å². The molecule has 0 aliphatic carbocycles. The average molecular weight is 90.1 g/mol. The normalized spacial score (nSPS) is 7.67. The van der Waals surface area contributed by atoms with E-state index in [9.17, 15) is 4.79 Å². The van der Waals surface area contributed by atoms with Crippen LogP contribution in [0.5, 0.6) is 0 Å². The predicted octanol–water partition coefficient (Wildman–Crippen LogP) is -1.34. The molecule has 0 aliphatic heterocycles. The minimum Gasteiger partial charge on any atom is -0.0905 e. The molecule has 0 amide bonds. The highest BCUT2D eigenvalue weighted by Crippen LogP contribution is 1.54. The Labute approximate surface area is 36.2 Å². The molecule has 0 fully saturated rings. The molecular formula is C3H8NO2+2. The van der Waals surface area contributed by atoms with E-state index < -0.39 is 0 Å². The van der Waals surface area contributed by atoms with Gasteiger partial charge in [-0.3, -0.25) is 0 Å². The minimum absolute atomic E-state index is 0.266. The van der Waals surface area contributed by atoms with Crippen molar-refractivity contribution in [3.63, 3.8) is 0 Å². The van der Waals surface area contributed by atoms with Crippen molar-refractivity contribution in [1.82, 2.24) is 0 Å². The maximum atomic E-state index is 9.79. The number of quaternary nitrogens is 1. The molecular weight excluding hydrogens is 82.0 g/mol. The topological polar surface area (TPSA) is 45.7 Å². The molecule has 0 bridgehead atoms. The van der Waals surface area contributed by atoms with Crippen LogP contribution >= 0.6 is 0 Å². The summed E-state index contributed by atoms with van der Waals surface area (Å²) in [4.78, 5) is 14.1. The maximum Gasteiger partial charge on any atom is 0.635 e. The Bertz CT molecular complexity index is 52.8. The molecule has 3 nitrogen and oxygen atoms in total. The number of hydrogen-bond acceptors (Lipinski definition) is 2. The number of rotatable bonds is 1. The number of hydrogen-bond donors (Lipinski definition) is 1. The Hall–Kier alpha value is -0.570. The SMILES string of the molecule is C[NH2+]OC(C)=[O+]. The van der Waals surface area contributed by atoms with Gasteiger partial charge in [-0.15, -0.1) is 0 Å². The lowest BCUT2D eigenvalue weighted by Gasteiger charge is -1.69. The molecule has 0 heterocycles. The molecule has 0 saturated heterocycles. The molecule has 0 saturated carbocycles. The van der Waals surface area contributed by atoms with Crippen LogP contribution in [0.4, 0.5) is 0 Å². The van der Waals surface area contributed by atoms with Crippen LogP contribution in [0.1, 0.15) is 6.92 Å². The summed E-state index contributed by atoms with van der Waals surface area (Å²) in [5.41, 5.74) is 1.35. The first-order valence-electron chi connectivity index (χ1n) is 1.72. The van der Waals surface area contributed by atoms with Crippen molar-refractivity contribution in [3.05, 3.63) is 0 Å². The summed E-state index contributed by atoms with van der Waals surface area (Å²) in [6, 6.07) is 0. The highest BCUT2D eigenvalue weighted by Gasteiger charge is 2.06. The Balaban J connectivity index is 2.83. The highest BCUT2D eigenvalue weighted by atomic mass is 16.7. The van der Waals surface area contributed by atoms with E-state index in [-0.39, 0.29) is 5.97 Å². The second-order valence-corrected chi connectivity index (χ2v) is 0.845. The molecule has 0 atom stereocenters. The first kappa shape index (κ1) is 5.43. The quantitative estimate of drug-likeness (QED) is 0.320.